The molecule has 84 valence electrons. The molecule has 2 N–H and O–H groups in total. The molecule has 2 aromatic rings. The highest BCUT2D eigenvalue weighted by atomic mass is 16.5. The van der Waals surface area contributed by atoms with Crippen molar-refractivity contribution in [2.75, 3.05) is 12.3 Å². The molecule has 0 saturated carbocycles. The zero-order valence-electron chi connectivity index (χ0n) is 8.88. The normalized spacial score (nSPS) is 10.6. The predicted octanol–water partition coefficient (Wildman–Crippen LogP) is 1.25. The molecule has 0 aromatic carbocycles. The zero-order chi connectivity index (χ0) is 11.4. The Hall–Kier alpha value is -1.95. The summed E-state index contributed by atoms with van der Waals surface area (Å²) in [7, 11) is 0. The van der Waals surface area contributed by atoms with Gasteiger partial charge in [-0.15, -0.1) is 0 Å². The van der Waals surface area contributed by atoms with Gasteiger partial charge in [-0.2, -0.15) is 4.98 Å². The van der Waals surface area contributed by atoms with Gasteiger partial charge in [0.2, 0.25) is 0 Å². The smallest absolute Gasteiger partial charge is 0.260 e. The summed E-state index contributed by atoms with van der Waals surface area (Å²) in [5.74, 6) is 0.891. The van der Waals surface area contributed by atoms with E-state index >= 15 is 0 Å². The van der Waals surface area contributed by atoms with Crippen molar-refractivity contribution < 1.29 is 9.26 Å². The van der Waals surface area contributed by atoms with Crippen molar-refractivity contribution >= 4 is 5.69 Å². The lowest BCUT2D eigenvalue weighted by Crippen LogP contribution is -1.94. The average molecular weight is 220 g/mol. The largest absolute Gasteiger partial charge is 0.397 e. The monoisotopic (exact) mass is 220 g/mol. The van der Waals surface area contributed by atoms with Gasteiger partial charge in [0.1, 0.15) is 6.61 Å². The number of hydrogen-bond donors (Lipinski definition) is 1. The summed E-state index contributed by atoms with van der Waals surface area (Å²) in [6.07, 6.45) is 3.17. The quantitative estimate of drug-likeness (QED) is 0.834. The second-order valence-corrected chi connectivity index (χ2v) is 3.12. The summed E-state index contributed by atoms with van der Waals surface area (Å²) in [5.41, 5.74) is 6.93. The van der Waals surface area contributed by atoms with Crippen LogP contribution in [0.1, 0.15) is 12.7 Å². The van der Waals surface area contributed by atoms with Crippen LogP contribution in [0, 0.1) is 0 Å². The van der Waals surface area contributed by atoms with Crippen molar-refractivity contribution in [2.45, 2.75) is 13.5 Å². The van der Waals surface area contributed by atoms with Crippen LogP contribution < -0.4 is 5.73 Å². The molecule has 2 aromatic heterocycles. The number of nitrogen functional groups attached to an aromatic ring is 1. The van der Waals surface area contributed by atoms with Crippen LogP contribution in [0.5, 0.6) is 0 Å². The summed E-state index contributed by atoms with van der Waals surface area (Å²) < 4.78 is 10.3. The van der Waals surface area contributed by atoms with Gasteiger partial charge in [-0.25, -0.2) is 0 Å². The van der Waals surface area contributed by atoms with Crippen LogP contribution in [0.2, 0.25) is 0 Å². The predicted molar refractivity (Wildman–Crippen MR) is 57.3 cm³/mol. The molecule has 0 saturated heterocycles. The molecule has 0 radical (unpaired) electrons. The van der Waals surface area contributed by atoms with Gasteiger partial charge in [0.05, 0.1) is 17.4 Å². The van der Waals surface area contributed by atoms with Crippen molar-refractivity contribution in [1.82, 2.24) is 15.1 Å². The lowest BCUT2D eigenvalue weighted by molar-refractivity contribution is 0.126. The fraction of sp³-hybridized carbons (Fsp3) is 0.300. The minimum atomic E-state index is 0.338. The van der Waals surface area contributed by atoms with Gasteiger partial charge >= 0.3 is 0 Å². The first kappa shape index (κ1) is 10.6. The van der Waals surface area contributed by atoms with Gasteiger partial charge in [-0.1, -0.05) is 5.16 Å². The summed E-state index contributed by atoms with van der Waals surface area (Å²) in [5, 5.41) is 3.78. The van der Waals surface area contributed by atoms with E-state index in [9.17, 15) is 0 Å². The minimum absolute atomic E-state index is 0.338. The molecule has 0 amide bonds. The van der Waals surface area contributed by atoms with Crippen LogP contribution in [0.3, 0.4) is 0 Å². The van der Waals surface area contributed by atoms with Crippen LogP contribution >= 0.6 is 0 Å². The van der Waals surface area contributed by atoms with Gasteiger partial charge in [-0.3, -0.25) is 4.98 Å². The molecule has 0 atom stereocenters. The number of nitrogens with two attached hydrogens (primary N) is 1. The number of nitrogens with zero attached hydrogens (tertiary/aromatic N) is 3. The lowest BCUT2D eigenvalue weighted by atomic mass is 10.2. The molecule has 0 unspecified atom stereocenters. The molecule has 0 aliphatic heterocycles. The number of hydrogen-bond acceptors (Lipinski definition) is 6. The Morgan fingerprint density at radius 3 is 3.12 bits per heavy atom. The molecular weight excluding hydrogens is 208 g/mol. The van der Waals surface area contributed by atoms with Crippen molar-refractivity contribution in [3.8, 4) is 11.5 Å². The highest BCUT2D eigenvalue weighted by Crippen LogP contribution is 2.22. The average Bonchev–Trinajstić information content (AvgIpc) is 2.75. The van der Waals surface area contributed by atoms with Gasteiger partial charge in [0.15, 0.2) is 5.82 Å². The van der Waals surface area contributed by atoms with E-state index in [2.05, 4.69) is 15.1 Å². The summed E-state index contributed by atoms with van der Waals surface area (Å²) in [6, 6.07) is 1.73. The molecule has 2 heterocycles. The van der Waals surface area contributed by atoms with Crippen LogP contribution in [-0.4, -0.2) is 21.7 Å². The Morgan fingerprint density at radius 2 is 2.38 bits per heavy atom. The molecular formula is C10H12N4O2. The van der Waals surface area contributed by atoms with E-state index in [4.69, 9.17) is 15.0 Å². The number of pyridine rings is 1. The number of anilines is 1. The van der Waals surface area contributed by atoms with Gasteiger partial charge in [0.25, 0.3) is 5.89 Å². The van der Waals surface area contributed by atoms with Crippen molar-refractivity contribution in [3.05, 3.63) is 24.3 Å². The molecule has 0 aliphatic rings. The van der Waals surface area contributed by atoms with Crippen molar-refractivity contribution in [1.29, 1.82) is 0 Å². The van der Waals surface area contributed by atoms with E-state index in [-0.39, 0.29) is 0 Å². The number of rotatable bonds is 4. The van der Waals surface area contributed by atoms with E-state index in [0.717, 1.165) is 0 Å². The summed E-state index contributed by atoms with van der Waals surface area (Å²) in [4.78, 5) is 8.06. The fourth-order valence-corrected chi connectivity index (χ4v) is 1.22. The fourth-order valence-electron chi connectivity index (χ4n) is 1.22. The summed E-state index contributed by atoms with van der Waals surface area (Å²) in [6.45, 7) is 2.86. The molecule has 0 aliphatic carbocycles. The molecule has 2 rings (SSSR count). The van der Waals surface area contributed by atoms with Gasteiger partial charge in [-0.05, 0) is 13.0 Å². The second kappa shape index (κ2) is 4.71. The third-order valence-corrected chi connectivity index (χ3v) is 1.99. The first-order valence-corrected chi connectivity index (χ1v) is 4.91. The zero-order valence-corrected chi connectivity index (χ0v) is 8.88. The standard InChI is InChI=1S/C10H12N4O2/c1-2-15-6-9-13-10(16-14-9)7-3-4-12-5-8(7)11/h3-5H,2,6,11H2,1H3. The Balaban J connectivity index is 2.22. The third-order valence-electron chi connectivity index (χ3n) is 1.99. The first-order chi connectivity index (χ1) is 7.81. The highest BCUT2D eigenvalue weighted by molar-refractivity contribution is 5.68. The first-order valence-electron chi connectivity index (χ1n) is 4.91. The molecule has 6 nitrogen and oxygen atoms in total. The second-order valence-electron chi connectivity index (χ2n) is 3.12. The van der Waals surface area contributed by atoms with Crippen molar-refractivity contribution in [2.24, 2.45) is 0 Å². The lowest BCUT2D eigenvalue weighted by Gasteiger charge is -1.97. The third kappa shape index (κ3) is 2.17. The Labute approximate surface area is 92.4 Å². The van der Waals surface area contributed by atoms with E-state index in [0.29, 0.717) is 36.2 Å². The summed E-state index contributed by atoms with van der Waals surface area (Å²) >= 11 is 0. The Bertz CT molecular complexity index is 469. The maximum absolute atomic E-state index is 5.74. The van der Waals surface area contributed by atoms with Crippen molar-refractivity contribution in [3.63, 3.8) is 0 Å². The molecule has 6 heteroatoms. The van der Waals surface area contributed by atoms with Crippen LogP contribution in [0.25, 0.3) is 11.5 Å². The van der Waals surface area contributed by atoms with E-state index < -0.39 is 0 Å². The SMILES string of the molecule is CCOCc1noc(-c2ccncc2N)n1. The molecule has 16 heavy (non-hydrogen) atoms. The van der Waals surface area contributed by atoms with E-state index in [1.807, 2.05) is 6.92 Å². The van der Waals surface area contributed by atoms with Gasteiger partial charge in [0, 0.05) is 12.8 Å². The Kier molecular flexibility index (Phi) is 3.11. The van der Waals surface area contributed by atoms with Crippen LogP contribution in [0.15, 0.2) is 23.0 Å². The van der Waals surface area contributed by atoms with E-state index in [1.54, 1.807) is 18.5 Å². The maximum atomic E-state index is 5.74. The number of ether oxygens (including phenoxy) is 1. The molecule has 0 fully saturated rings. The molecule has 0 bridgehead atoms. The maximum Gasteiger partial charge on any atom is 0.260 e. The Morgan fingerprint density at radius 1 is 1.50 bits per heavy atom. The molecule has 0 spiro atoms. The van der Waals surface area contributed by atoms with E-state index in [1.165, 1.54) is 0 Å². The number of aromatic nitrogens is 3. The highest BCUT2D eigenvalue weighted by Gasteiger charge is 2.11. The van der Waals surface area contributed by atoms with Gasteiger partial charge < -0.3 is 15.0 Å². The topological polar surface area (TPSA) is 87.1 Å². The minimum Gasteiger partial charge on any atom is -0.397 e. The van der Waals surface area contributed by atoms with Crippen LogP contribution in [0.4, 0.5) is 5.69 Å². The van der Waals surface area contributed by atoms with Crippen LogP contribution in [-0.2, 0) is 11.3 Å².